The van der Waals surface area contributed by atoms with Crippen LogP contribution in [0.15, 0.2) is 12.5 Å². The number of carboxylic acids is 2. The van der Waals surface area contributed by atoms with Crippen LogP contribution >= 0.6 is 0 Å². The number of hydrogen-bond donors (Lipinski definition) is 7. The number of carboxylic acid groups (broad SMARTS) is 2. The first-order chi connectivity index (χ1) is 13.2. The third-order valence-corrected chi connectivity index (χ3v) is 3.52. The van der Waals surface area contributed by atoms with Crippen molar-refractivity contribution in [3.05, 3.63) is 18.2 Å². The van der Waals surface area contributed by atoms with E-state index in [1.165, 1.54) is 12.5 Å². The second kappa shape index (κ2) is 11.3. The van der Waals surface area contributed by atoms with Gasteiger partial charge in [0.25, 0.3) is 0 Å². The quantitative estimate of drug-likeness (QED) is 0.190. The van der Waals surface area contributed by atoms with E-state index in [0.29, 0.717) is 5.69 Å². The van der Waals surface area contributed by atoms with E-state index in [2.05, 4.69) is 25.9 Å². The zero-order valence-electron chi connectivity index (χ0n) is 14.8. The molecule has 1 aromatic rings. The Hall–Kier alpha value is -3.48. The summed E-state index contributed by atoms with van der Waals surface area (Å²) in [6.45, 7) is -0.798. The number of hydrogen-bond acceptors (Lipinski definition) is 7. The minimum atomic E-state index is -1.32. The maximum Gasteiger partial charge on any atom is 0.326 e. The molecule has 0 aliphatic carbocycles. The number of carbonyl (C=O) groups is 5. The smallest absolute Gasteiger partial charge is 0.326 e. The molecule has 0 aliphatic rings. The number of carbonyl (C=O) groups excluding carboxylic acids is 3. The average Bonchev–Trinajstić information content (AvgIpc) is 3.15. The van der Waals surface area contributed by atoms with E-state index in [1.807, 2.05) is 0 Å². The number of H-pyrrole nitrogens is 1. The molecule has 1 aromatic heterocycles. The summed E-state index contributed by atoms with van der Waals surface area (Å²) in [4.78, 5) is 64.0. The van der Waals surface area contributed by atoms with E-state index < -0.39 is 54.7 Å². The van der Waals surface area contributed by atoms with Gasteiger partial charge in [0.1, 0.15) is 12.1 Å². The van der Waals surface area contributed by atoms with Gasteiger partial charge in [-0.3, -0.25) is 19.2 Å². The van der Waals surface area contributed by atoms with Gasteiger partial charge in [-0.15, -0.1) is 0 Å². The molecule has 3 amide bonds. The fourth-order valence-corrected chi connectivity index (χ4v) is 2.12. The molecule has 13 heteroatoms. The lowest BCUT2D eigenvalue weighted by atomic mass is 10.1. The number of nitrogens with one attached hydrogen (secondary N) is 4. The van der Waals surface area contributed by atoms with Crippen molar-refractivity contribution in [3.63, 3.8) is 0 Å². The van der Waals surface area contributed by atoms with Gasteiger partial charge in [-0.2, -0.15) is 0 Å². The normalized spacial score (nSPS) is 12.5. The van der Waals surface area contributed by atoms with Crippen molar-refractivity contribution >= 4 is 29.7 Å². The van der Waals surface area contributed by atoms with Crippen LogP contribution in [0.2, 0.25) is 0 Å². The summed E-state index contributed by atoms with van der Waals surface area (Å²) >= 11 is 0. The second-order valence-corrected chi connectivity index (χ2v) is 5.71. The standard InChI is InChI=1S/C15H22N6O7/c16-4-11(22)18-6-12(23)20-9(1-2-13(24)25)14(26)21-10(15(27)28)3-8-5-17-7-19-8/h5,7,9-10H,1-4,6,16H2,(H,17,19)(H,18,22)(H,20,23)(H,21,26)(H,24,25)(H,27,28). The van der Waals surface area contributed by atoms with Crippen LogP contribution in [0.25, 0.3) is 0 Å². The summed E-state index contributed by atoms with van der Waals surface area (Å²) in [6.07, 6.45) is 1.95. The first-order valence-electron chi connectivity index (χ1n) is 8.21. The SMILES string of the molecule is NCC(=O)NCC(=O)NC(CCC(=O)O)C(=O)NC(Cc1cnc[nH]1)C(=O)O. The van der Waals surface area contributed by atoms with Crippen LogP contribution in [0.5, 0.6) is 0 Å². The Labute approximate surface area is 159 Å². The molecule has 2 atom stereocenters. The molecule has 0 saturated heterocycles. The van der Waals surface area contributed by atoms with Crippen LogP contribution < -0.4 is 21.7 Å². The third-order valence-electron chi connectivity index (χ3n) is 3.52. The maximum absolute atomic E-state index is 12.4. The lowest BCUT2D eigenvalue weighted by Crippen LogP contribution is -2.53. The molecular weight excluding hydrogens is 376 g/mol. The van der Waals surface area contributed by atoms with E-state index in [1.54, 1.807) is 0 Å². The number of aromatic amines is 1. The summed E-state index contributed by atoms with van der Waals surface area (Å²) in [5.74, 6) is -4.73. The van der Waals surface area contributed by atoms with E-state index >= 15 is 0 Å². The van der Waals surface area contributed by atoms with Gasteiger partial charge in [0, 0.05) is 24.7 Å². The Morgan fingerprint density at radius 2 is 1.82 bits per heavy atom. The molecule has 0 radical (unpaired) electrons. The number of imidazole rings is 1. The predicted octanol–water partition coefficient (Wildman–Crippen LogP) is -3.05. The minimum Gasteiger partial charge on any atom is -0.481 e. The van der Waals surface area contributed by atoms with Gasteiger partial charge in [0.15, 0.2) is 0 Å². The first kappa shape index (κ1) is 22.6. The van der Waals surface area contributed by atoms with Gasteiger partial charge in [0.2, 0.25) is 17.7 Å². The van der Waals surface area contributed by atoms with Crippen LogP contribution in [0.4, 0.5) is 0 Å². The van der Waals surface area contributed by atoms with Gasteiger partial charge < -0.3 is 36.9 Å². The van der Waals surface area contributed by atoms with Crippen molar-refractivity contribution in [2.75, 3.05) is 13.1 Å². The summed E-state index contributed by atoms with van der Waals surface area (Å²) < 4.78 is 0. The topological polar surface area (TPSA) is 217 Å². The lowest BCUT2D eigenvalue weighted by molar-refractivity contribution is -0.143. The number of aromatic nitrogens is 2. The Bertz CT molecular complexity index is 706. The molecule has 0 fully saturated rings. The molecule has 0 saturated carbocycles. The summed E-state index contributed by atoms with van der Waals surface area (Å²) in [7, 11) is 0. The summed E-state index contributed by atoms with van der Waals surface area (Å²) in [5.41, 5.74) is 5.55. The van der Waals surface area contributed by atoms with Gasteiger partial charge in [0.05, 0.1) is 19.4 Å². The lowest BCUT2D eigenvalue weighted by Gasteiger charge is -2.21. The van der Waals surface area contributed by atoms with Crippen molar-refractivity contribution in [1.29, 1.82) is 0 Å². The van der Waals surface area contributed by atoms with Crippen LogP contribution in [-0.4, -0.2) is 75.0 Å². The zero-order chi connectivity index (χ0) is 21.1. The molecule has 0 aliphatic heterocycles. The number of rotatable bonds is 12. The van der Waals surface area contributed by atoms with Crippen molar-refractivity contribution in [1.82, 2.24) is 25.9 Å². The number of aliphatic carboxylic acids is 2. The largest absolute Gasteiger partial charge is 0.481 e. The molecule has 13 nitrogen and oxygen atoms in total. The Morgan fingerprint density at radius 3 is 2.36 bits per heavy atom. The first-order valence-corrected chi connectivity index (χ1v) is 8.21. The number of nitrogens with two attached hydrogens (primary N) is 1. The molecular formula is C15H22N6O7. The Kier molecular flexibility index (Phi) is 9.09. The third kappa shape index (κ3) is 8.27. The second-order valence-electron chi connectivity index (χ2n) is 5.71. The summed E-state index contributed by atoms with van der Waals surface area (Å²) in [5, 5.41) is 24.8. The van der Waals surface area contributed by atoms with Crippen molar-refractivity contribution in [3.8, 4) is 0 Å². The Balaban J connectivity index is 2.75. The highest BCUT2D eigenvalue weighted by Gasteiger charge is 2.27. The molecule has 28 heavy (non-hydrogen) atoms. The fraction of sp³-hybridized carbons (Fsp3) is 0.467. The maximum atomic E-state index is 12.4. The summed E-state index contributed by atoms with van der Waals surface area (Å²) in [6, 6.07) is -2.63. The average molecular weight is 398 g/mol. The van der Waals surface area contributed by atoms with Crippen LogP contribution in [0.1, 0.15) is 18.5 Å². The van der Waals surface area contributed by atoms with E-state index in [0.717, 1.165) is 0 Å². The van der Waals surface area contributed by atoms with E-state index in [9.17, 15) is 29.1 Å². The highest BCUT2D eigenvalue weighted by atomic mass is 16.4. The predicted molar refractivity (Wildman–Crippen MR) is 92.7 cm³/mol. The highest BCUT2D eigenvalue weighted by molar-refractivity contribution is 5.92. The molecule has 0 bridgehead atoms. The van der Waals surface area contributed by atoms with E-state index in [4.69, 9.17) is 10.8 Å². The van der Waals surface area contributed by atoms with Crippen molar-refractivity contribution in [2.45, 2.75) is 31.3 Å². The molecule has 0 spiro atoms. The molecule has 0 aromatic carbocycles. The van der Waals surface area contributed by atoms with Crippen molar-refractivity contribution < 1.29 is 34.2 Å². The molecule has 154 valence electrons. The Morgan fingerprint density at radius 1 is 1.11 bits per heavy atom. The number of amides is 3. The zero-order valence-corrected chi connectivity index (χ0v) is 14.8. The number of nitrogens with zero attached hydrogens (tertiary/aromatic N) is 1. The minimum absolute atomic E-state index is 0.0901. The monoisotopic (exact) mass is 398 g/mol. The van der Waals surface area contributed by atoms with Crippen LogP contribution in [0, 0.1) is 0 Å². The van der Waals surface area contributed by atoms with Crippen molar-refractivity contribution in [2.24, 2.45) is 5.73 Å². The highest BCUT2D eigenvalue weighted by Crippen LogP contribution is 2.03. The molecule has 2 unspecified atom stereocenters. The van der Waals surface area contributed by atoms with Gasteiger partial charge in [-0.05, 0) is 6.42 Å². The van der Waals surface area contributed by atoms with E-state index in [-0.39, 0.29) is 19.4 Å². The van der Waals surface area contributed by atoms with Gasteiger partial charge in [-0.25, -0.2) is 9.78 Å². The van der Waals surface area contributed by atoms with Gasteiger partial charge in [-0.1, -0.05) is 0 Å². The molecule has 8 N–H and O–H groups in total. The van der Waals surface area contributed by atoms with Gasteiger partial charge >= 0.3 is 11.9 Å². The van der Waals surface area contributed by atoms with Crippen LogP contribution in [0.3, 0.4) is 0 Å². The molecule has 1 heterocycles. The molecule has 1 rings (SSSR count). The fourth-order valence-electron chi connectivity index (χ4n) is 2.12. The van der Waals surface area contributed by atoms with Crippen LogP contribution in [-0.2, 0) is 30.4 Å².